The van der Waals surface area contributed by atoms with Crippen LogP contribution in [0.2, 0.25) is 0 Å². The van der Waals surface area contributed by atoms with Gasteiger partial charge in [0, 0.05) is 19.1 Å². The molecule has 0 aromatic heterocycles. The van der Waals surface area contributed by atoms with Gasteiger partial charge in [0.05, 0.1) is 39.6 Å². The van der Waals surface area contributed by atoms with E-state index in [-0.39, 0.29) is 34.1 Å². The van der Waals surface area contributed by atoms with Gasteiger partial charge in [-0.3, -0.25) is 4.79 Å². The van der Waals surface area contributed by atoms with E-state index < -0.39 is 210 Å². The summed E-state index contributed by atoms with van der Waals surface area (Å²) in [5.41, 5.74) is 0.423. The van der Waals surface area contributed by atoms with Gasteiger partial charge in [0.2, 0.25) is 5.79 Å². The molecule has 3 aromatic rings. The summed E-state index contributed by atoms with van der Waals surface area (Å²) in [7, 11) is 2.54. The molecule has 15 N–H and O–H groups in total. The Balaban J connectivity index is 1.25. The minimum absolute atomic E-state index is 0.00886. The van der Waals surface area contributed by atoms with Gasteiger partial charge in [-0.2, -0.15) is 0 Å². The zero-order valence-corrected chi connectivity index (χ0v) is 49.6. The van der Waals surface area contributed by atoms with Crippen molar-refractivity contribution in [1.82, 2.24) is 0 Å². The third-order valence-corrected chi connectivity index (χ3v) is 15.5. The summed E-state index contributed by atoms with van der Waals surface area (Å²) in [6.45, 7) is -5.41. The van der Waals surface area contributed by atoms with Crippen molar-refractivity contribution in [2.45, 2.75) is 154 Å². The number of phenols is 2. The van der Waals surface area contributed by atoms with Gasteiger partial charge in [-0.15, -0.1) is 0 Å². The number of aliphatic hydroxyl groups excluding tert-OH is 13. The van der Waals surface area contributed by atoms with Crippen molar-refractivity contribution in [3.05, 3.63) is 95.6 Å². The SMILES string of the molecule is COc1cc(/C=C\C(=O)OC[C@]2(O[C@@H]3O[C@H](COC(=O)/C=C/c4ccc(O)c(OC)c4)[C@@H](O)[C@H](O[C@@H]4O[C@@H](COC(C)=O)[C@@H](O)[C@H](O[C@@H]5O[C@@H](CO)[C@@H](O)[C@H](O)[C@H]5O)[C@H]4O)[C@H]3O[C@@H]3O[C@H](CO)[C@@H](O)[C@H](O)[C@H]3O)O[C@@H](CO)[C@@H](O)[C@@H]2OC(=O)c2ccccc2)ccc1O. The summed E-state index contributed by atoms with van der Waals surface area (Å²) < 4.78 is 87.3. The van der Waals surface area contributed by atoms with Gasteiger partial charge >= 0.3 is 23.9 Å². The third-order valence-electron chi connectivity index (χ3n) is 15.5. The highest BCUT2D eigenvalue weighted by Crippen LogP contribution is 2.42. The lowest BCUT2D eigenvalue weighted by Gasteiger charge is -2.51. The minimum Gasteiger partial charge on any atom is -0.504 e. The smallest absolute Gasteiger partial charge is 0.338 e. The van der Waals surface area contributed by atoms with Crippen LogP contribution >= 0.6 is 0 Å². The summed E-state index contributed by atoms with van der Waals surface area (Å²) in [6, 6.07) is 15.1. The Hall–Kier alpha value is -6.66. The second kappa shape index (κ2) is 32.2. The summed E-state index contributed by atoms with van der Waals surface area (Å²) >= 11 is 0. The first-order valence-corrected chi connectivity index (χ1v) is 28.8. The van der Waals surface area contributed by atoms with E-state index in [0.29, 0.717) is 5.56 Å². The molecule has 5 fully saturated rings. The number of carbonyl (C=O) groups is 4. The number of hydrogen-bond acceptors (Lipinski definition) is 34. The molecule has 0 radical (unpaired) electrons. The molecule has 93 heavy (non-hydrogen) atoms. The normalized spacial score (nSPS) is 36.3. The third kappa shape index (κ3) is 16.9. The molecule has 0 bridgehead atoms. The molecule has 34 heteroatoms. The van der Waals surface area contributed by atoms with Gasteiger partial charge < -0.3 is 148 Å². The Morgan fingerprint density at radius 2 is 0.957 bits per heavy atom. The van der Waals surface area contributed by atoms with Crippen LogP contribution in [-0.2, 0) is 76.0 Å². The average Bonchev–Trinajstić information content (AvgIpc) is 1.76. The predicted octanol–water partition coefficient (Wildman–Crippen LogP) is -5.53. The fourth-order valence-corrected chi connectivity index (χ4v) is 10.5. The van der Waals surface area contributed by atoms with Crippen molar-refractivity contribution in [3.8, 4) is 23.0 Å². The number of hydrogen-bond donors (Lipinski definition) is 15. The lowest BCUT2D eigenvalue weighted by molar-refractivity contribution is -0.423. The molecule has 34 nitrogen and oxygen atoms in total. The zero-order valence-electron chi connectivity index (χ0n) is 49.6. The monoisotopic (exact) mass is 1330 g/mol. The van der Waals surface area contributed by atoms with Gasteiger partial charge in [0.25, 0.3) is 0 Å². The molecule has 0 amide bonds. The maximum atomic E-state index is 14.1. The molecule has 0 unspecified atom stereocenters. The van der Waals surface area contributed by atoms with Crippen LogP contribution in [0.15, 0.2) is 78.9 Å². The zero-order chi connectivity index (χ0) is 67.6. The Labute approximate surface area is 527 Å². The minimum atomic E-state index is -3.00. The molecule has 5 aliphatic rings. The van der Waals surface area contributed by atoms with Gasteiger partial charge in [-0.1, -0.05) is 30.3 Å². The summed E-state index contributed by atoms with van der Waals surface area (Å²) in [5.74, 6) is -7.99. The van der Waals surface area contributed by atoms with Crippen molar-refractivity contribution in [1.29, 1.82) is 0 Å². The molecule has 8 rings (SSSR count). The highest BCUT2D eigenvalue weighted by molar-refractivity contribution is 5.90. The second-order valence-corrected chi connectivity index (χ2v) is 21.8. The number of aromatic hydroxyl groups is 2. The molecular formula is C59H74O34. The largest absolute Gasteiger partial charge is 0.504 e. The molecular weight excluding hydrogens is 1250 g/mol. The van der Waals surface area contributed by atoms with E-state index in [0.717, 1.165) is 19.1 Å². The quantitative estimate of drug-likeness (QED) is 0.0214. The molecule has 3 aromatic carbocycles. The summed E-state index contributed by atoms with van der Waals surface area (Å²) in [6.07, 6.45) is -45.3. The van der Waals surface area contributed by atoms with Crippen LogP contribution in [0.3, 0.4) is 0 Å². The molecule has 514 valence electrons. The molecule has 5 aliphatic heterocycles. The molecule has 5 heterocycles. The van der Waals surface area contributed by atoms with Crippen LogP contribution in [0, 0.1) is 0 Å². The molecule has 5 saturated heterocycles. The Morgan fingerprint density at radius 1 is 0.495 bits per heavy atom. The van der Waals surface area contributed by atoms with Gasteiger partial charge in [-0.05, 0) is 59.7 Å². The van der Waals surface area contributed by atoms with Gasteiger partial charge in [0.1, 0.15) is 130 Å². The molecule has 0 saturated carbocycles. The topological polar surface area (TPSA) is 510 Å². The van der Waals surface area contributed by atoms with Crippen LogP contribution < -0.4 is 9.47 Å². The number of phenolic OH excluding ortho intramolecular Hbond substituents is 2. The van der Waals surface area contributed by atoms with E-state index in [1.807, 2.05) is 0 Å². The van der Waals surface area contributed by atoms with Crippen molar-refractivity contribution in [2.24, 2.45) is 0 Å². The second-order valence-electron chi connectivity index (χ2n) is 21.8. The van der Waals surface area contributed by atoms with Crippen molar-refractivity contribution in [2.75, 3.05) is 53.9 Å². The standard InChI is InChI=1S/C59H74O34/c1-25(63)81-22-36-42(70)50(88-55-47(75)45(73)40(68)33(19-60)84-55)49(77)57(86-36)89-51-43(71)37(23-82-38(66)15-11-26-9-13-29(64)31(17-26)79-2)87-58(52(51)90-56-48(76)46(74)41(69)34(20-61)85-56)93-59(24-83-39(67)16-12-27-10-14-30(65)32(18-27)80-3)53(44(72)35(21-62)92-59)91-54(78)28-7-5-4-6-8-28/h4-18,33-37,40-53,55-58,60-62,64-65,68-77H,19-24H2,1-3H3/b15-11+,16-12-/t33-,34+,35-,36-,37+,40+,41+,42+,43+,44+,45-,46-,47+,48+,49+,50-,51-,52+,53-,55-,56-,57-,58-,59+/m0/s1. The van der Waals surface area contributed by atoms with Crippen molar-refractivity contribution >= 4 is 36.0 Å². The highest BCUT2D eigenvalue weighted by Gasteiger charge is 2.64. The van der Waals surface area contributed by atoms with E-state index >= 15 is 0 Å². The van der Waals surface area contributed by atoms with E-state index in [4.69, 9.17) is 71.1 Å². The number of aliphatic hydroxyl groups is 13. The first kappa shape index (κ1) is 72.2. The van der Waals surface area contributed by atoms with Gasteiger partial charge in [-0.25, -0.2) is 14.4 Å². The van der Waals surface area contributed by atoms with E-state index in [1.54, 1.807) is 6.07 Å². The first-order valence-electron chi connectivity index (χ1n) is 28.8. The first-order chi connectivity index (χ1) is 44.3. The Morgan fingerprint density at radius 3 is 1.47 bits per heavy atom. The summed E-state index contributed by atoms with van der Waals surface area (Å²) in [5, 5.41) is 165. The van der Waals surface area contributed by atoms with E-state index in [2.05, 4.69) is 0 Å². The maximum absolute atomic E-state index is 14.1. The number of carbonyl (C=O) groups excluding carboxylic acids is 4. The van der Waals surface area contributed by atoms with Crippen LogP contribution in [-0.4, -0.2) is 301 Å². The van der Waals surface area contributed by atoms with Gasteiger partial charge in [0.15, 0.2) is 54.3 Å². The number of rotatable bonds is 25. The predicted molar refractivity (Wildman–Crippen MR) is 301 cm³/mol. The van der Waals surface area contributed by atoms with Crippen LogP contribution in [0.1, 0.15) is 28.4 Å². The lowest BCUT2D eigenvalue weighted by Crippen LogP contribution is -2.69. The van der Waals surface area contributed by atoms with E-state index in [9.17, 15) is 95.8 Å². The van der Waals surface area contributed by atoms with Crippen LogP contribution in [0.25, 0.3) is 12.2 Å². The van der Waals surface area contributed by atoms with Crippen LogP contribution in [0.5, 0.6) is 23.0 Å². The Kier molecular flexibility index (Phi) is 25.0. The highest BCUT2D eigenvalue weighted by atomic mass is 16.8. The number of esters is 4. The fraction of sp³-hybridized carbons (Fsp3) is 0.559. The fourth-order valence-electron chi connectivity index (χ4n) is 10.5. The number of methoxy groups -OCH3 is 2. The Bertz CT molecular complexity index is 3020. The average molecular weight is 1330 g/mol. The van der Waals surface area contributed by atoms with Crippen LogP contribution in [0.4, 0.5) is 0 Å². The van der Waals surface area contributed by atoms with Crippen molar-refractivity contribution < 1.29 is 167 Å². The maximum Gasteiger partial charge on any atom is 0.338 e. The summed E-state index contributed by atoms with van der Waals surface area (Å²) in [4.78, 5) is 53.7. The number of benzene rings is 3. The van der Waals surface area contributed by atoms with E-state index in [1.165, 1.54) is 87.0 Å². The van der Waals surface area contributed by atoms with Crippen molar-refractivity contribution in [3.63, 3.8) is 0 Å². The molecule has 24 atom stereocenters. The molecule has 0 aliphatic carbocycles. The molecule has 0 spiro atoms. The lowest BCUT2D eigenvalue weighted by atomic mass is 9.95. The number of ether oxygens (including phenoxy) is 15.